The van der Waals surface area contributed by atoms with Gasteiger partial charge >= 0.3 is 29.6 Å². The van der Waals surface area contributed by atoms with Gasteiger partial charge in [-0.1, -0.05) is 0 Å². The van der Waals surface area contributed by atoms with E-state index < -0.39 is 0 Å². The van der Waals surface area contributed by atoms with Crippen molar-refractivity contribution in [2.24, 2.45) is 0 Å². The van der Waals surface area contributed by atoms with Gasteiger partial charge in [-0.25, -0.2) is 0 Å². The standard InChI is InChI=1S/C4H2IN2OS.Na/c5-2-1-6-4(9)7-3(2)8;/h1H,(H,7,8,9);/q-1;+1. The molecule has 1 N–H and O–H groups in total. The summed E-state index contributed by atoms with van der Waals surface area (Å²) in [6.45, 7) is 0. The van der Waals surface area contributed by atoms with Crippen LogP contribution in [0.1, 0.15) is 0 Å². The second kappa shape index (κ2) is 4.66. The molecule has 0 bridgehead atoms. The Labute approximate surface area is 98.1 Å². The predicted molar refractivity (Wildman–Crippen MR) is 44.0 cm³/mol. The van der Waals surface area contributed by atoms with Gasteiger partial charge in [-0.05, 0) is 12.2 Å². The molecule has 0 unspecified atom stereocenters. The SMILES string of the molecule is O=c1[nH]c(=S)nc[c-]1I.[Na+]. The second-order valence-electron chi connectivity index (χ2n) is 1.37. The molecule has 10 heavy (non-hydrogen) atoms. The zero-order valence-electron chi connectivity index (χ0n) is 5.22. The molecule has 0 radical (unpaired) electrons. The molecule has 0 atom stereocenters. The van der Waals surface area contributed by atoms with Crippen molar-refractivity contribution in [2.75, 3.05) is 0 Å². The van der Waals surface area contributed by atoms with E-state index in [1.165, 1.54) is 6.20 Å². The molecular weight excluding hydrogens is 274 g/mol. The van der Waals surface area contributed by atoms with E-state index in [0.717, 1.165) is 0 Å². The first-order valence-corrected chi connectivity index (χ1v) is 3.60. The van der Waals surface area contributed by atoms with Gasteiger partial charge in [0.2, 0.25) is 0 Å². The zero-order chi connectivity index (χ0) is 6.85. The van der Waals surface area contributed by atoms with Gasteiger partial charge in [-0.2, -0.15) is 3.57 Å². The summed E-state index contributed by atoms with van der Waals surface area (Å²) >= 11 is 6.48. The van der Waals surface area contributed by atoms with Crippen LogP contribution in [0.2, 0.25) is 0 Å². The predicted octanol–water partition coefficient (Wildman–Crippen LogP) is -2.17. The third kappa shape index (κ3) is 2.83. The molecule has 0 amide bonds. The van der Waals surface area contributed by atoms with E-state index in [-0.39, 0.29) is 39.9 Å². The first-order chi connectivity index (χ1) is 4.20. The summed E-state index contributed by atoms with van der Waals surface area (Å²) in [7, 11) is 0. The summed E-state index contributed by atoms with van der Waals surface area (Å²) in [6.07, 6.45) is 1.45. The van der Waals surface area contributed by atoms with Crippen LogP contribution in [0.5, 0.6) is 0 Å². The van der Waals surface area contributed by atoms with E-state index in [0.29, 0.717) is 3.57 Å². The number of aromatic amines is 1. The Kier molecular flexibility index (Phi) is 5.04. The number of nitrogens with one attached hydrogen (secondary N) is 1. The van der Waals surface area contributed by atoms with Gasteiger partial charge in [0.1, 0.15) is 5.56 Å². The van der Waals surface area contributed by atoms with Gasteiger partial charge in [0.25, 0.3) is 0 Å². The molecule has 1 heterocycles. The first kappa shape index (κ1) is 10.8. The van der Waals surface area contributed by atoms with Crippen molar-refractivity contribution in [3.05, 3.63) is 24.9 Å². The Bertz CT molecular complexity index is 320. The fourth-order valence-corrected chi connectivity index (χ4v) is 0.783. The summed E-state index contributed by atoms with van der Waals surface area (Å²) in [5.41, 5.74) is -0.171. The Morgan fingerprint density at radius 1 is 1.80 bits per heavy atom. The van der Waals surface area contributed by atoms with E-state index in [1.807, 2.05) is 22.6 Å². The molecule has 0 aliphatic heterocycles. The first-order valence-electron chi connectivity index (χ1n) is 2.12. The maximum absolute atomic E-state index is 10.7. The number of nitrogens with zero attached hydrogens (tertiary/aromatic N) is 1. The zero-order valence-corrected chi connectivity index (χ0v) is 10.2. The monoisotopic (exact) mass is 276 g/mol. The summed E-state index contributed by atoms with van der Waals surface area (Å²) in [5.74, 6) is 0. The van der Waals surface area contributed by atoms with Crippen molar-refractivity contribution in [3.63, 3.8) is 0 Å². The van der Waals surface area contributed by atoms with Crippen LogP contribution in [0, 0.1) is 8.34 Å². The Hall–Kier alpha value is 0.830. The summed E-state index contributed by atoms with van der Waals surface area (Å²) < 4.78 is 0.793. The van der Waals surface area contributed by atoms with Crippen LogP contribution < -0.4 is 35.1 Å². The van der Waals surface area contributed by atoms with E-state index in [2.05, 4.69) is 22.2 Å². The Morgan fingerprint density at radius 3 is 2.80 bits per heavy atom. The summed E-state index contributed by atoms with van der Waals surface area (Å²) in [6, 6.07) is 0. The van der Waals surface area contributed by atoms with E-state index in [9.17, 15) is 4.79 Å². The average Bonchev–Trinajstić information content (AvgIpc) is 1.80. The molecule has 0 aliphatic rings. The van der Waals surface area contributed by atoms with Gasteiger partial charge < -0.3 is 9.78 Å². The minimum atomic E-state index is -0.171. The normalized spacial score (nSPS) is 8.50. The van der Waals surface area contributed by atoms with Gasteiger partial charge in [-0.3, -0.25) is 27.6 Å². The molecule has 0 aromatic carbocycles. The summed E-state index contributed by atoms with van der Waals surface area (Å²) in [5, 5.41) is 0. The van der Waals surface area contributed by atoms with Crippen molar-refractivity contribution < 1.29 is 29.6 Å². The van der Waals surface area contributed by atoms with Crippen LogP contribution >= 0.6 is 34.8 Å². The molecular formula is C4H2IN2NaOS. The molecule has 1 aromatic rings. The average molecular weight is 276 g/mol. The maximum Gasteiger partial charge on any atom is 1.00 e. The minimum Gasteiger partial charge on any atom is -0.326 e. The third-order valence-corrected chi connectivity index (χ3v) is 1.71. The smallest absolute Gasteiger partial charge is 0.326 e. The summed E-state index contributed by atoms with van der Waals surface area (Å²) in [4.78, 5) is 16.7. The molecule has 1 rings (SSSR count). The Morgan fingerprint density at radius 2 is 2.40 bits per heavy atom. The fraction of sp³-hybridized carbons (Fsp3) is 0. The number of hydrogen-bond acceptors (Lipinski definition) is 3. The van der Waals surface area contributed by atoms with E-state index in [4.69, 9.17) is 0 Å². The number of H-pyrrole nitrogens is 1. The van der Waals surface area contributed by atoms with Gasteiger partial charge in [0, 0.05) is 0 Å². The second-order valence-corrected chi connectivity index (χ2v) is 2.91. The topological polar surface area (TPSA) is 45.8 Å². The minimum absolute atomic E-state index is 0. The van der Waals surface area contributed by atoms with Crippen LogP contribution in [-0.2, 0) is 0 Å². The van der Waals surface area contributed by atoms with Crippen molar-refractivity contribution in [2.45, 2.75) is 0 Å². The third-order valence-electron chi connectivity index (χ3n) is 0.733. The molecule has 0 saturated carbocycles. The number of rotatable bonds is 0. The van der Waals surface area contributed by atoms with Crippen LogP contribution in [0.15, 0.2) is 11.0 Å². The number of hydrogen-bond donors (Lipinski definition) is 1. The fourth-order valence-electron chi connectivity index (χ4n) is 0.363. The molecule has 6 heteroatoms. The molecule has 3 nitrogen and oxygen atoms in total. The van der Waals surface area contributed by atoms with E-state index in [1.54, 1.807) is 0 Å². The molecule has 0 spiro atoms. The molecule has 0 aliphatic carbocycles. The van der Waals surface area contributed by atoms with Crippen LogP contribution in [0.25, 0.3) is 0 Å². The molecule has 0 fully saturated rings. The molecule has 1 aromatic heterocycles. The number of halogens is 1. The largest absolute Gasteiger partial charge is 1.00 e. The maximum atomic E-state index is 10.7. The van der Waals surface area contributed by atoms with Crippen molar-refractivity contribution in [1.29, 1.82) is 0 Å². The van der Waals surface area contributed by atoms with E-state index >= 15 is 0 Å². The van der Waals surface area contributed by atoms with Crippen LogP contribution in [0.4, 0.5) is 0 Å². The van der Waals surface area contributed by atoms with Gasteiger partial charge in [-0.15, -0.1) is 6.20 Å². The van der Waals surface area contributed by atoms with Crippen LogP contribution in [0.3, 0.4) is 0 Å². The van der Waals surface area contributed by atoms with Gasteiger partial charge in [0.05, 0.1) is 0 Å². The number of aromatic nitrogens is 2. The molecule has 0 saturated heterocycles. The van der Waals surface area contributed by atoms with Crippen molar-refractivity contribution >= 4 is 34.8 Å². The van der Waals surface area contributed by atoms with Gasteiger partial charge in [0.15, 0.2) is 4.77 Å². The Balaban J connectivity index is 0.000000810. The molecule has 48 valence electrons. The van der Waals surface area contributed by atoms with Crippen molar-refractivity contribution in [1.82, 2.24) is 9.97 Å². The van der Waals surface area contributed by atoms with Crippen LogP contribution in [-0.4, -0.2) is 9.97 Å². The quantitative estimate of drug-likeness (QED) is 0.254. The van der Waals surface area contributed by atoms with Crippen molar-refractivity contribution in [3.8, 4) is 0 Å².